The van der Waals surface area contributed by atoms with Crippen LogP contribution in [0.4, 0.5) is 0 Å². The van der Waals surface area contributed by atoms with Gasteiger partial charge in [-0.25, -0.2) is 5.01 Å². The Morgan fingerprint density at radius 3 is 1.90 bits per heavy atom. The molecule has 0 unspecified atom stereocenters. The molecule has 1 N–H and O–H groups in total. The molecular weight excluding hydrogens is 388 g/mol. The zero-order chi connectivity index (χ0) is 22.5. The molecule has 0 aliphatic carbocycles. The lowest BCUT2D eigenvalue weighted by atomic mass is 10.1. The molecule has 2 rings (SSSR count). The van der Waals surface area contributed by atoms with E-state index in [1.54, 1.807) is 51.1 Å². The van der Waals surface area contributed by atoms with Crippen molar-refractivity contribution in [1.82, 2.24) is 10.4 Å². The molecule has 0 saturated carbocycles. The van der Waals surface area contributed by atoms with Crippen molar-refractivity contribution in [2.45, 2.75) is 40.2 Å². The van der Waals surface area contributed by atoms with E-state index in [4.69, 9.17) is 9.47 Å². The summed E-state index contributed by atoms with van der Waals surface area (Å²) < 4.78 is 10.0. The highest BCUT2D eigenvalue weighted by Crippen LogP contribution is 2.29. The lowest BCUT2D eigenvalue weighted by molar-refractivity contribution is -0.134. The van der Waals surface area contributed by atoms with E-state index in [0.717, 1.165) is 0 Å². The Morgan fingerprint density at radius 1 is 0.800 bits per heavy atom. The predicted molar refractivity (Wildman–Crippen MR) is 109 cm³/mol. The molecule has 8 heteroatoms. The van der Waals surface area contributed by atoms with Crippen LogP contribution < -0.4 is 14.9 Å². The van der Waals surface area contributed by atoms with Gasteiger partial charge in [0, 0.05) is 25.0 Å². The number of benzene rings is 2. The summed E-state index contributed by atoms with van der Waals surface area (Å²) in [5.74, 6) is -2.31. The second kappa shape index (κ2) is 9.21. The Labute approximate surface area is 174 Å². The summed E-state index contributed by atoms with van der Waals surface area (Å²) in [5.41, 5.74) is 2.41. The van der Waals surface area contributed by atoms with Gasteiger partial charge < -0.3 is 9.47 Å². The number of hydrazine groups is 1. The fraction of sp³-hybridized carbons (Fsp3) is 0.273. The lowest BCUT2D eigenvalue weighted by Gasteiger charge is -2.35. The van der Waals surface area contributed by atoms with Gasteiger partial charge in [-0.3, -0.25) is 24.6 Å². The van der Waals surface area contributed by atoms with E-state index in [-0.39, 0.29) is 23.0 Å². The van der Waals surface area contributed by atoms with Gasteiger partial charge in [0.15, 0.2) is 11.5 Å². The molecule has 0 aliphatic heterocycles. The van der Waals surface area contributed by atoms with Gasteiger partial charge in [-0.1, -0.05) is 18.2 Å². The number of rotatable bonds is 4. The molecule has 0 atom stereocenters. The Bertz CT molecular complexity index is 963. The van der Waals surface area contributed by atoms with Gasteiger partial charge in [0.1, 0.15) is 0 Å². The Hall–Kier alpha value is -3.68. The molecular formula is C22H24N2O6. The first-order valence-corrected chi connectivity index (χ1v) is 9.20. The quantitative estimate of drug-likeness (QED) is 0.470. The minimum absolute atomic E-state index is 0.00212. The number of hydrogen-bond donors (Lipinski definition) is 1. The summed E-state index contributed by atoms with van der Waals surface area (Å²) in [6.45, 7) is 7.73. The summed E-state index contributed by atoms with van der Waals surface area (Å²) in [7, 11) is 0. The number of ether oxygens (including phenoxy) is 2. The average molecular weight is 412 g/mol. The molecule has 0 heterocycles. The molecule has 158 valence electrons. The van der Waals surface area contributed by atoms with E-state index in [0.29, 0.717) is 5.56 Å². The van der Waals surface area contributed by atoms with Crippen LogP contribution in [-0.2, 0) is 9.59 Å². The Morgan fingerprint density at radius 2 is 1.37 bits per heavy atom. The van der Waals surface area contributed by atoms with Crippen molar-refractivity contribution in [2.24, 2.45) is 0 Å². The van der Waals surface area contributed by atoms with Crippen molar-refractivity contribution >= 4 is 23.8 Å². The highest BCUT2D eigenvalue weighted by atomic mass is 16.6. The van der Waals surface area contributed by atoms with E-state index in [9.17, 15) is 19.2 Å². The molecule has 0 aliphatic rings. The first kappa shape index (κ1) is 22.6. The smallest absolute Gasteiger partial charge is 0.308 e. The molecule has 2 aromatic rings. The van der Waals surface area contributed by atoms with Crippen molar-refractivity contribution in [3.05, 3.63) is 59.7 Å². The van der Waals surface area contributed by atoms with Crippen molar-refractivity contribution in [2.75, 3.05) is 0 Å². The average Bonchev–Trinajstić information content (AvgIpc) is 2.65. The number of carbonyl (C=O) groups is 4. The SMILES string of the molecule is CC(=O)Oc1ccc(C(=O)NN(C(=O)c2ccccc2)C(C)(C)C)cc1OC(C)=O. The van der Waals surface area contributed by atoms with E-state index in [1.165, 1.54) is 37.1 Å². The van der Waals surface area contributed by atoms with E-state index >= 15 is 0 Å². The molecule has 0 spiro atoms. The summed E-state index contributed by atoms with van der Waals surface area (Å²) in [4.78, 5) is 48.4. The van der Waals surface area contributed by atoms with Crippen molar-refractivity contribution < 1.29 is 28.7 Å². The number of esters is 2. The number of nitrogens with zero attached hydrogens (tertiary/aromatic N) is 1. The third-order valence-corrected chi connectivity index (χ3v) is 3.82. The standard InChI is InChI=1S/C22H24N2O6/c1-14(25)29-18-12-11-17(13-19(18)30-15(2)26)20(27)23-24(22(3,4)5)21(28)16-9-7-6-8-10-16/h6-13H,1-5H3,(H,23,27). The zero-order valence-electron chi connectivity index (χ0n) is 17.5. The number of amides is 2. The largest absolute Gasteiger partial charge is 0.423 e. The maximum atomic E-state index is 12.9. The second-order valence-corrected chi connectivity index (χ2v) is 7.47. The topological polar surface area (TPSA) is 102 Å². The van der Waals surface area contributed by atoms with Gasteiger partial charge in [0.25, 0.3) is 11.8 Å². The van der Waals surface area contributed by atoms with Gasteiger partial charge in [-0.2, -0.15) is 0 Å². The van der Waals surface area contributed by atoms with Crippen molar-refractivity contribution in [3.8, 4) is 11.5 Å². The van der Waals surface area contributed by atoms with Crippen LogP contribution in [0.25, 0.3) is 0 Å². The second-order valence-electron chi connectivity index (χ2n) is 7.47. The maximum absolute atomic E-state index is 12.9. The predicted octanol–water partition coefficient (Wildman–Crippen LogP) is 3.12. The number of carbonyl (C=O) groups excluding carboxylic acids is 4. The molecule has 30 heavy (non-hydrogen) atoms. The van der Waals surface area contributed by atoms with Crippen LogP contribution in [0.15, 0.2) is 48.5 Å². The first-order chi connectivity index (χ1) is 14.0. The van der Waals surface area contributed by atoms with Gasteiger partial charge >= 0.3 is 11.9 Å². The van der Waals surface area contributed by atoms with Crippen molar-refractivity contribution in [3.63, 3.8) is 0 Å². The normalized spacial score (nSPS) is 10.7. The molecule has 0 aromatic heterocycles. The molecule has 0 saturated heterocycles. The fourth-order valence-corrected chi connectivity index (χ4v) is 2.52. The molecule has 2 amide bonds. The van der Waals surface area contributed by atoms with Crippen LogP contribution in [0, 0.1) is 0 Å². The van der Waals surface area contributed by atoms with Crippen molar-refractivity contribution in [1.29, 1.82) is 0 Å². The summed E-state index contributed by atoms with van der Waals surface area (Å²) in [6, 6.07) is 12.6. The Balaban J connectivity index is 2.34. The van der Waals surface area contributed by atoms with E-state index < -0.39 is 23.4 Å². The molecule has 0 radical (unpaired) electrons. The van der Waals surface area contributed by atoms with Gasteiger partial charge in [-0.05, 0) is 51.1 Å². The first-order valence-electron chi connectivity index (χ1n) is 9.20. The number of hydrogen-bond acceptors (Lipinski definition) is 6. The van der Waals surface area contributed by atoms with Crippen LogP contribution in [0.1, 0.15) is 55.3 Å². The van der Waals surface area contributed by atoms with E-state index in [1.807, 2.05) is 0 Å². The third-order valence-electron chi connectivity index (χ3n) is 3.82. The summed E-state index contributed by atoms with van der Waals surface area (Å²) in [5, 5.41) is 1.23. The summed E-state index contributed by atoms with van der Waals surface area (Å²) >= 11 is 0. The third kappa shape index (κ3) is 5.91. The lowest BCUT2D eigenvalue weighted by Crippen LogP contribution is -2.55. The highest BCUT2D eigenvalue weighted by molar-refractivity contribution is 5.99. The van der Waals surface area contributed by atoms with Gasteiger partial charge in [-0.15, -0.1) is 0 Å². The van der Waals surface area contributed by atoms with Gasteiger partial charge in [0.2, 0.25) is 0 Å². The summed E-state index contributed by atoms with van der Waals surface area (Å²) in [6.07, 6.45) is 0. The molecule has 0 fully saturated rings. The maximum Gasteiger partial charge on any atom is 0.308 e. The fourth-order valence-electron chi connectivity index (χ4n) is 2.52. The van der Waals surface area contributed by atoms with E-state index in [2.05, 4.69) is 5.43 Å². The minimum Gasteiger partial charge on any atom is -0.423 e. The molecule has 2 aromatic carbocycles. The molecule has 8 nitrogen and oxygen atoms in total. The number of nitrogens with one attached hydrogen (secondary N) is 1. The monoisotopic (exact) mass is 412 g/mol. The van der Waals surface area contributed by atoms with Crippen LogP contribution in [0.3, 0.4) is 0 Å². The van der Waals surface area contributed by atoms with Crippen LogP contribution >= 0.6 is 0 Å². The highest BCUT2D eigenvalue weighted by Gasteiger charge is 2.30. The van der Waals surface area contributed by atoms with Gasteiger partial charge in [0.05, 0.1) is 5.54 Å². The van der Waals surface area contributed by atoms with Crippen LogP contribution in [-0.4, -0.2) is 34.3 Å². The van der Waals surface area contributed by atoms with Crippen LogP contribution in [0.2, 0.25) is 0 Å². The Kier molecular flexibility index (Phi) is 6.94. The molecule has 0 bridgehead atoms. The van der Waals surface area contributed by atoms with Crippen LogP contribution in [0.5, 0.6) is 11.5 Å². The minimum atomic E-state index is -0.723. The zero-order valence-corrected chi connectivity index (χ0v) is 17.5.